The summed E-state index contributed by atoms with van der Waals surface area (Å²) in [5.74, 6) is -1.07. The Morgan fingerprint density at radius 1 is 1.29 bits per heavy atom. The van der Waals surface area contributed by atoms with Crippen LogP contribution in [0, 0.1) is 11.3 Å². The quantitative estimate of drug-likeness (QED) is 0.819. The highest BCUT2D eigenvalue weighted by Crippen LogP contribution is 2.29. The van der Waals surface area contributed by atoms with Crippen molar-refractivity contribution in [2.45, 2.75) is 33.4 Å². The van der Waals surface area contributed by atoms with Gasteiger partial charge in [-0.1, -0.05) is 20.8 Å². The third-order valence-electron chi connectivity index (χ3n) is 2.44. The molecule has 1 atom stereocenters. The fraction of sp³-hybridized carbons (Fsp3) is 0.909. The second-order valence-electron chi connectivity index (χ2n) is 5.03. The monoisotopic (exact) mass is 255 g/mol. The zero-order valence-electron chi connectivity index (χ0n) is 10.6. The number of carbonyl (C=O) groups is 1. The number of rotatable bonds is 5. The number of ether oxygens (including phenoxy) is 1. The average Bonchev–Trinajstić information content (AvgIpc) is 2.12. The molecule has 0 unspecified atom stereocenters. The molecule has 0 aromatic rings. The SMILES string of the molecule is COCC[C@H](C(=O)NCC(F)(F)F)C(C)(C)C. The first-order chi connectivity index (χ1) is 7.58. The normalized spacial score (nSPS) is 14.5. The van der Waals surface area contributed by atoms with Crippen molar-refractivity contribution in [1.82, 2.24) is 5.32 Å². The maximum absolute atomic E-state index is 12.0. The standard InChI is InChI=1S/C11H20F3NO2/c1-10(2,3)8(5-6-17-4)9(16)15-7-11(12,13)14/h8H,5-7H2,1-4H3,(H,15,16)/t8-/m1/s1. The van der Waals surface area contributed by atoms with Gasteiger partial charge in [-0.2, -0.15) is 13.2 Å². The van der Waals surface area contributed by atoms with Crippen molar-refractivity contribution in [3.63, 3.8) is 0 Å². The van der Waals surface area contributed by atoms with Gasteiger partial charge in [-0.25, -0.2) is 0 Å². The summed E-state index contributed by atoms with van der Waals surface area (Å²) in [7, 11) is 1.49. The Morgan fingerprint density at radius 3 is 2.18 bits per heavy atom. The van der Waals surface area contributed by atoms with Crippen molar-refractivity contribution in [3.05, 3.63) is 0 Å². The smallest absolute Gasteiger partial charge is 0.385 e. The van der Waals surface area contributed by atoms with Gasteiger partial charge < -0.3 is 10.1 Å². The molecule has 0 aromatic carbocycles. The molecular weight excluding hydrogens is 235 g/mol. The Balaban J connectivity index is 4.44. The number of methoxy groups -OCH3 is 1. The summed E-state index contributed by atoms with van der Waals surface area (Å²) in [6, 6.07) is 0. The molecule has 0 bridgehead atoms. The molecule has 0 radical (unpaired) electrons. The summed E-state index contributed by atoms with van der Waals surface area (Å²) in [6.45, 7) is 4.52. The van der Waals surface area contributed by atoms with Crippen LogP contribution in [0.1, 0.15) is 27.2 Å². The zero-order chi connectivity index (χ0) is 13.7. The van der Waals surface area contributed by atoms with E-state index in [1.807, 2.05) is 26.1 Å². The van der Waals surface area contributed by atoms with E-state index in [2.05, 4.69) is 0 Å². The predicted octanol–water partition coefficient (Wildman–Crippen LogP) is 2.36. The second kappa shape index (κ2) is 6.23. The molecule has 102 valence electrons. The van der Waals surface area contributed by atoms with Gasteiger partial charge in [-0.05, 0) is 11.8 Å². The molecule has 0 rings (SSSR count). The van der Waals surface area contributed by atoms with E-state index in [-0.39, 0.29) is 0 Å². The number of amides is 1. The lowest BCUT2D eigenvalue weighted by Gasteiger charge is -2.29. The minimum atomic E-state index is -4.38. The number of halogens is 3. The van der Waals surface area contributed by atoms with Crippen molar-refractivity contribution in [2.75, 3.05) is 20.3 Å². The molecule has 0 fully saturated rings. The van der Waals surface area contributed by atoms with E-state index < -0.39 is 30.0 Å². The molecule has 17 heavy (non-hydrogen) atoms. The van der Waals surface area contributed by atoms with Crippen LogP contribution in [-0.2, 0) is 9.53 Å². The molecule has 0 aliphatic carbocycles. The molecule has 0 saturated carbocycles. The Labute approximate surface area is 99.7 Å². The van der Waals surface area contributed by atoms with Crippen molar-refractivity contribution in [2.24, 2.45) is 11.3 Å². The molecule has 1 N–H and O–H groups in total. The summed E-state index contributed by atoms with van der Waals surface area (Å²) in [5.41, 5.74) is -0.395. The minimum absolute atomic E-state index is 0.349. The molecule has 1 amide bonds. The Bertz CT molecular complexity index is 246. The molecule has 0 aliphatic heterocycles. The third-order valence-corrected chi connectivity index (χ3v) is 2.44. The van der Waals surface area contributed by atoms with Crippen LogP contribution in [0.5, 0.6) is 0 Å². The van der Waals surface area contributed by atoms with Crippen LogP contribution < -0.4 is 5.32 Å². The van der Waals surface area contributed by atoms with E-state index >= 15 is 0 Å². The predicted molar refractivity (Wildman–Crippen MR) is 58.5 cm³/mol. The van der Waals surface area contributed by atoms with Crippen LogP contribution >= 0.6 is 0 Å². The number of carbonyl (C=O) groups excluding carboxylic acids is 1. The van der Waals surface area contributed by atoms with Crippen LogP contribution in [0.4, 0.5) is 13.2 Å². The molecule has 0 spiro atoms. The van der Waals surface area contributed by atoms with Crippen LogP contribution in [0.25, 0.3) is 0 Å². The van der Waals surface area contributed by atoms with Crippen LogP contribution in [0.2, 0.25) is 0 Å². The lowest BCUT2D eigenvalue weighted by Crippen LogP contribution is -2.42. The van der Waals surface area contributed by atoms with E-state index in [0.717, 1.165) is 0 Å². The van der Waals surface area contributed by atoms with Gasteiger partial charge in [-0.15, -0.1) is 0 Å². The van der Waals surface area contributed by atoms with E-state index in [1.54, 1.807) is 0 Å². The fourth-order valence-corrected chi connectivity index (χ4v) is 1.50. The van der Waals surface area contributed by atoms with Crippen LogP contribution in [-0.4, -0.2) is 32.3 Å². The lowest BCUT2D eigenvalue weighted by atomic mass is 9.78. The highest BCUT2D eigenvalue weighted by molar-refractivity contribution is 5.79. The van der Waals surface area contributed by atoms with Crippen molar-refractivity contribution in [3.8, 4) is 0 Å². The fourth-order valence-electron chi connectivity index (χ4n) is 1.50. The van der Waals surface area contributed by atoms with Gasteiger partial charge in [0.15, 0.2) is 0 Å². The van der Waals surface area contributed by atoms with Gasteiger partial charge in [0, 0.05) is 19.6 Å². The van der Waals surface area contributed by atoms with Crippen LogP contribution in [0.3, 0.4) is 0 Å². The Hall–Kier alpha value is -0.780. The molecule has 6 heteroatoms. The van der Waals surface area contributed by atoms with Crippen molar-refractivity contribution in [1.29, 1.82) is 0 Å². The summed E-state index contributed by atoms with van der Waals surface area (Å²) in [5, 5.41) is 1.92. The summed E-state index contributed by atoms with van der Waals surface area (Å²) in [4.78, 5) is 11.7. The largest absolute Gasteiger partial charge is 0.405 e. The van der Waals surface area contributed by atoms with Crippen molar-refractivity contribution >= 4 is 5.91 Å². The molecule has 0 aromatic heterocycles. The van der Waals surface area contributed by atoms with Gasteiger partial charge >= 0.3 is 6.18 Å². The maximum atomic E-state index is 12.0. The van der Waals surface area contributed by atoms with E-state index in [4.69, 9.17) is 4.74 Å². The van der Waals surface area contributed by atoms with Gasteiger partial charge in [0.2, 0.25) is 5.91 Å². The van der Waals surface area contributed by atoms with E-state index in [1.165, 1.54) is 7.11 Å². The number of hydrogen-bond acceptors (Lipinski definition) is 2. The Kier molecular flexibility index (Phi) is 5.95. The molecule has 0 aliphatic rings. The number of hydrogen-bond donors (Lipinski definition) is 1. The highest BCUT2D eigenvalue weighted by Gasteiger charge is 2.34. The average molecular weight is 255 g/mol. The number of alkyl halides is 3. The third kappa shape index (κ3) is 7.20. The molecule has 0 heterocycles. The lowest BCUT2D eigenvalue weighted by molar-refractivity contribution is -0.143. The van der Waals surface area contributed by atoms with Crippen molar-refractivity contribution < 1.29 is 22.7 Å². The van der Waals surface area contributed by atoms with Gasteiger partial charge in [0.25, 0.3) is 0 Å². The van der Waals surface area contributed by atoms with Gasteiger partial charge in [0.1, 0.15) is 6.54 Å². The van der Waals surface area contributed by atoms with Gasteiger partial charge in [-0.3, -0.25) is 4.79 Å². The summed E-state index contributed by atoms with van der Waals surface area (Å²) < 4.78 is 40.8. The maximum Gasteiger partial charge on any atom is 0.405 e. The summed E-state index contributed by atoms with van der Waals surface area (Å²) in [6.07, 6.45) is -3.97. The summed E-state index contributed by atoms with van der Waals surface area (Å²) >= 11 is 0. The topological polar surface area (TPSA) is 38.3 Å². The molecular formula is C11H20F3NO2. The van der Waals surface area contributed by atoms with Crippen LogP contribution in [0.15, 0.2) is 0 Å². The molecule has 0 saturated heterocycles. The first-order valence-corrected chi connectivity index (χ1v) is 5.41. The highest BCUT2D eigenvalue weighted by atomic mass is 19.4. The minimum Gasteiger partial charge on any atom is -0.385 e. The number of nitrogens with one attached hydrogen (secondary N) is 1. The van der Waals surface area contributed by atoms with E-state index in [9.17, 15) is 18.0 Å². The Morgan fingerprint density at radius 2 is 1.82 bits per heavy atom. The molecule has 3 nitrogen and oxygen atoms in total. The van der Waals surface area contributed by atoms with E-state index in [0.29, 0.717) is 13.0 Å². The second-order valence-corrected chi connectivity index (χ2v) is 5.03. The van der Waals surface area contributed by atoms with Gasteiger partial charge in [0.05, 0.1) is 0 Å². The zero-order valence-corrected chi connectivity index (χ0v) is 10.6. The first kappa shape index (κ1) is 16.2. The first-order valence-electron chi connectivity index (χ1n) is 5.41.